The zero-order valence-electron chi connectivity index (χ0n) is 10.5. The standard InChI is InChI=1S/C14H22N2O/c1-2-3-5-10-14(17)16-12-11-15-13-8-6-4-7-9-13/h4,6-9,15H,2-3,5,10-12H2,1H3,(H,16,17). The SMILES string of the molecule is CCCCCC(=O)NCCNc1ccccc1. The maximum Gasteiger partial charge on any atom is 0.220 e. The van der Waals surface area contributed by atoms with Crippen molar-refractivity contribution in [1.82, 2.24) is 5.32 Å². The summed E-state index contributed by atoms with van der Waals surface area (Å²) in [6, 6.07) is 10.0. The van der Waals surface area contributed by atoms with Crippen LogP contribution >= 0.6 is 0 Å². The predicted octanol–water partition coefficient (Wildman–Crippen LogP) is 2.80. The number of benzene rings is 1. The lowest BCUT2D eigenvalue weighted by atomic mass is 10.2. The highest BCUT2D eigenvalue weighted by atomic mass is 16.1. The van der Waals surface area contributed by atoms with Crippen molar-refractivity contribution in [2.45, 2.75) is 32.6 Å². The Hall–Kier alpha value is -1.51. The summed E-state index contributed by atoms with van der Waals surface area (Å²) in [4.78, 5) is 11.4. The molecule has 0 aliphatic carbocycles. The van der Waals surface area contributed by atoms with E-state index in [4.69, 9.17) is 0 Å². The molecule has 0 aliphatic heterocycles. The molecule has 1 aromatic rings. The first-order valence-electron chi connectivity index (χ1n) is 6.38. The monoisotopic (exact) mass is 234 g/mol. The first kappa shape index (κ1) is 13.6. The van der Waals surface area contributed by atoms with Crippen LogP contribution < -0.4 is 10.6 Å². The van der Waals surface area contributed by atoms with Crippen molar-refractivity contribution in [2.24, 2.45) is 0 Å². The van der Waals surface area contributed by atoms with Gasteiger partial charge in [-0.3, -0.25) is 4.79 Å². The number of carbonyl (C=O) groups excluding carboxylic acids is 1. The van der Waals surface area contributed by atoms with E-state index in [1.807, 2.05) is 30.3 Å². The van der Waals surface area contributed by atoms with Crippen LogP contribution in [0, 0.1) is 0 Å². The molecule has 3 nitrogen and oxygen atoms in total. The van der Waals surface area contributed by atoms with Crippen LogP contribution in [0.15, 0.2) is 30.3 Å². The van der Waals surface area contributed by atoms with E-state index in [1.54, 1.807) is 0 Å². The van der Waals surface area contributed by atoms with Crippen LogP contribution in [0.5, 0.6) is 0 Å². The number of hydrogen-bond acceptors (Lipinski definition) is 2. The number of nitrogens with one attached hydrogen (secondary N) is 2. The molecule has 0 atom stereocenters. The molecule has 0 fully saturated rings. The number of rotatable bonds is 8. The molecular formula is C14H22N2O. The maximum atomic E-state index is 11.4. The first-order chi connectivity index (χ1) is 8.33. The van der Waals surface area contributed by atoms with Gasteiger partial charge in [0.15, 0.2) is 0 Å². The fourth-order valence-electron chi connectivity index (χ4n) is 1.59. The molecule has 0 heterocycles. The number of amides is 1. The summed E-state index contributed by atoms with van der Waals surface area (Å²) in [6.07, 6.45) is 3.94. The molecule has 1 amide bonds. The van der Waals surface area contributed by atoms with E-state index >= 15 is 0 Å². The Morgan fingerprint density at radius 3 is 2.59 bits per heavy atom. The van der Waals surface area contributed by atoms with Gasteiger partial charge in [-0.25, -0.2) is 0 Å². The fourth-order valence-corrected chi connectivity index (χ4v) is 1.59. The van der Waals surface area contributed by atoms with Crippen molar-refractivity contribution in [2.75, 3.05) is 18.4 Å². The largest absolute Gasteiger partial charge is 0.383 e. The van der Waals surface area contributed by atoms with Gasteiger partial charge in [-0.1, -0.05) is 38.0 Å². The zero-order chi connectivity index (χ0) is 12.3. The molecule has 0 aliphatic rings. The molecule has 0 spiro atoms. The summed E-state index contributed by atoms with van der Waals surface area (Å²) in [5, 5.41) is 6.16. The van der Waals surface area contributed by atoms with E-state index in [-0.39, 0.29) is 5.91 Å². The second kappa shape index (κ2) is 8.62. The summed E-state index contributed by atoms with van der Waals surface area (Å²) in [7, 11) is 0. The number of para-hydroxylation sites is 1. The molecule has 0 radical (unpaired) electrons. The minimum Gasteiger partial charge on any atom is -0.383 e. The third kappa shape index (κ3) is 6.61. The molecule has 0 aromatic heterocycles. The fraction of sp³-hybridized carbons (Fsp3) is 0.500. The van der Waals surface area contributed by atoms with Gasteiger partial charge in [0.1, 0.15) is 0 Å². The molecule has 0 unspecified atom stereocenters. The van der Waals surface area contributed by atoms with Crippen LogP contribution in [0.4, 0.5) is 5.69 Å². The van der Waals surface area contributed by atoms with Crippen molar-refractivity contribution >= 4 is 11.6 Å². The number of carbonyl (C=O) groups is 1. The minimum absolute atomic E-state index is 0.160. The molecule has 0 saturated heterocycles. The lowest BCUT2D eigenvalue weighted by molar-refractivity contribution is -0.121. The highest BCUT2D eigenvalue weighted by Crippen LogP contribution is 2.03. The highest BCUT2D eigenvalue weighted by Gasteiger charge is 1.99. The van der Waals surface area contributed by atoms with Gasteiger partial charge < -0.3 is 10.6 Å². The molecular weight excluding hydrogens is 212 g/mol. The van der Waals surface area contributed by atoms with Crippen LogP contribution in [-0.2, 0) is 4.79 Å². The summed E-state index contributed by atoms with van der Waals surface area (Å²) in [5.74, 6) is 0.160. The zero-order valence-corrected chi connectivity index (χ0v) is 10.5. The van der Waals surface area contributed by atoms with Crippen molar-refractivity contribution < 1.29 is 4.79 Å². The van der Waals surface area contributed by atoms with Gasteiger partial charge in [0.05, 0.1) is 0 Å². The van der Waals surface area contributed by atoms with Crippen LogP contribution in [0.3, 0.4) is 0 Å². The van der Waals surface area contributed by atoms with Crippen molar-refractivity contribution in [1.29, 1.82) is 0 Å². The van der Waals surface area contributed by atoms with Crippen LogP contribution in [0.2, 0.25) is 0 Å². The van der Waals surface area contributed by atoms with Gasteiger partial charge in [-0.15, -0.1) is 0 Å². The van der Waals surface area contributed by atoms with E-state index in [1.165, 1.54) is 0 Å². The predicted molar refractivity (Wildman–Crippen MR) is 72.1 cm³/mol. The van der Waals surface area contributed by atoms with Gasteiger partial charge >= 0.3 is 0 Å². The lowest BCUT2D eigenvalue weighted by Crippen LogP contribution is -2.28. The van der Waals surface area contributed by atoms with Gasteiger partial charge in [-0.2, -0.15) is 0 Å². The van der Waals surface area contributed by atoms with E-state index in [0.29, 0.717) is 13.0 Å². The minimum atomic E-state index is 0.160. The van der Waals surface area contributed by atoms with E-state index in [9.17, 15) is 4.79 Å². The van der Waals surface area contributed by atoms with Crippen LogP contribution in [0.1, 0.15) is 32.6 Å². The summed E-state index contributed by atoms with van der Waals surface area (Å²) in [6.45, 7) is 3.59. The molecule has 17 heavy (non-hydrogen) atoms. The average Bonchev–Trinajstić information content (AvgIpc) is 2.36. The molecule has 1 aromatic carbocycles. The summed E-state index contributed by atoms with van der Waals surface area (Å²) < 4.78 is 0. The normalized spacial score (nSPS) is 9.94. The summed E-state index contributed by atoms with van der Waals surface area (Å²) in [5.41, 5.74) is 1.09. The highest BCUT2D eigenvalue weighted by molar-refractivity contribution is 5.75. The number of anilines is 1. The topological polar surface area (TPSA) is 41.1 Å². The van der Waals surface area contributed by atoms with Crippen molar-refractivity contribution in [3.63, 3.8) is 0 Å². The maximum absolute atomic E-state index is 11.4. The van der Waals surface area contributed by atoms with Gasteiger partial charge in [0, 0.05) is 25.2 Å². The Bertz CT molecular complexity index is 311. The first-order valence-corrected chi connectivity index (χ1v) is 6.38. The average molecular weight is 234 g/mol. The summed E-state index contributed by atoms with van der Waals surface area (Å²) >= 11 is 0. The molecule has 0 saturated carbocycles. The van der Waals surface area contributed by atoms with E-state index in [0.717, 1.165) is 31.5 Å². The molecule has 2 N–H and O–H groups in total. The second-order valence-electron chi connectivity index (χ2n) is 4.10. The third-order valence-corrected chi connectivity index (χ3v) is 2.56. The Balaban J connectivity index is 2.02. The quantitative estimate of drug-likeness (QED) is 0.679. The van der Waals surface area contributed by atoms with Gasteiger partial charge in [0.2, 0.25) is 5.91 Å². The third-order valence-electron chi connectivity index (χ3n) is 2.56. The van der Waals surface area contributed by atoms with E-state index in [2.05, 4.69) is 17.6 Å². The molecule has 3 heteroatoms. The van der Waals surface area contributed by atoms with Crippen LogP contribution in [0.25, 0.3) is 0 Å². The smallest absolute Gasteiger partial charge is 0.220 e. The van der Waals surface area contributed by atoms with E-state index < -0.39 is 0 Å². The Kier molecular flexibility index (Phi) is 6.87. The Morgan fingerprint density at radius 1 is 1.12 bits per heavy atom. The second-order valence-corrected chi connectivity index (χ2v) is 4.10. The molecule has 94 valence electrons. The molecule has 1 rings (SSSR count). The van der Waals surface area contributed by atoms with Crippen molar-refractivity contribution in [3.05, 3.63) is 30.3 Å². The van der Waals surface area contributed by atoms with Gasteiger partial charge in [-0.05, 0) is 18.6 Å². The Labute approximate surface area is 104 Å². The van der Waals surface area contributed by atoms with Crippen LogP contribution in [-0.4, -0.2) is 19.0 Å². The molecule has 0 bridgehead atoms. The lowest BCUT2D eigenvalue weighted by Gasteiger charge is -2.07. The number of hydrogen-bond donors (Lipinski definition) is 2. The van der Waals surface area contributed by atoms with Crippen molar-refractivity contribution in [3.8, 4) is 0 Å². The Morgan fingerprint density at radius 2 is 1.88 bits per heavy atom. The number of unbranched alkanes of at least 4 members (excludes halogenated alkanes) is 2. The van der Waals surface area contributed by atoms with Gasteiger partial charge in [0.25, 0.3) is 0 Å².